The summed E-state index contributed by atoms with van der Waals surface area (Å²) in [6.07, 6.45) is 0. The number of carbonyl (C=O) groups excluding carboxylic acids is 2. The predicted octanol–water partition coefficient (Wildman–Crippen LogP) is 4.07. The highest BCUT2D eigenvalue weighted by molar-refractivity contribution is 5.96. The van der Waals surface area contributed by atoms with Gasteiger partial charge in [0.1, 0.15) is 0 Å². The second-order valence-corrected chi connectivity index (χ2v) is 6.18. The van der Waals surface area contributed by atoms with Crippen LogP contribution < -0.4 is 10.1 Å². The summed E-state index contributed by atoms with van der Waals surface area (Å²) in [5.74, 6) is -1.37. The first-order chi connectivity index (χ1) is 14.5. The number of hydrogen-bond donors (Lipinski definition) is 1. The van der Waals surface area contributed by atoms with Crippen LogP contribution in [-0.2, 0) is 9.53 Å². The summed E-state index contributed by atoms with van der Waals surface area (Å²) in [7, 11) is 1.20. The number of esters is 1. The summed E-state index contributed by atoms with van der Waals surface area (Å²) in [6.45, 7) is -0.478. The van der Waals surface area contributed by atoms with E-state index in [0.717, 1.165) is 17.2 Å². The van der Waals surface area contributed by atoms with E-state index >= 15 is 0 Å². The number of amides is 1. The fraction of sp³-hybridized carbons (Fsp3) is 0.0909. The molecule has 0 heterocycles. The summed E-state index contributed by atoms with van der Waals surface area (Å²) >= 11 is 0. The minimum atomic E-state index is -0.670. The van der Waals surface area contributed by atoms with Crippen LogP contribution in [0.4, 0.5) is 11.4 Å². The third-order valence-corrected chi connectivity index (χ3v) is 4.22. The number of methoxy groups -OCH3 is 1. The molecule has 0 aliphatic heterocycles. The van der Waals surface area contributed by atoms with Crippen molar-refractivity contribution in [2.24, 2.45) is 0 Å². The molecule has 1 amide bonds. The standard InChI is InChI=1S/C22H18N2O6/c1-29-22(26)16-11-12-19(24(27)28)20(13-16)30-14-21(25)23-18-10-6-5-9-17(18)15-7-3-2-4-8-15/h2-13H,14H2,1H3,(H,23,25). The Kier molecular flexibility index (Phi) is 6.39. The van der Waals surface area contributed by atoms with E-state index in [1.807, 2.05) is 42.5 Å². The average Bonchev–Trinajstić information content (AvgIpc) is 2.77. The molecule has 0 saturated carbocycles. The quantitative estimate of drug-likeness (QED) is 0.360. The van der Waals surface area contributed by atoms with Gasteiger partial charge in [-0.2, -0.15) is 0 Å². The average molecular weight is 406 g/mol. The van der Waals surface area contributed by atoms with Crippen LogP contribution in [0.5, 0.6) is 5.75 Å². The topological polar surface area (TPSA) is 108 Å². The van der Waals surface area contributed by atoms with Gasteiger partial charge in [0.05, 0.1) is 17.6 Å². The fourth-order valence-electron chi connectivity index (χ4n) is 2.82. The van der Waals surface area contributed by atoms with E-state index < -0.39 is 23.4 Å². The molecular weight excluding hydrogens is 388 g/mol. The van der Waals surface area contributed by atoms with Gasteiger partial charge >= 0.3 is 11.7 Å². The van der Waals surface area contributed by atoms with Crippen molar-refractivity contribution in [1.82, 2.24) is 0 Å². The van der Waals surface area contributed by atoms with E-state index in [1.165, 1.54) is 19.2 Å². The number of anilines is 1. The van der Waals surface area contributed by atoms with Crippen molar-refractivity contribution < 1.29 is 24.0 Å². The van der Waals surface area contributed by atoms with Gasteiger partial charge in [0, 0.05) is 23.4 Å². The second kappa shape index (κ2) is 9.33. The summed E-state index contributed by atoms with van der Waals surface area (Å²) in [4.78, 5) is 34.7. The Balaban J connectivity index is 1.76. The van der Waals surface area contributed by atoms with Crippen LogP contribution in [0.2, 0.25) is 0 Å². The molecule has 1 N–H and O–H groups in total. The summed E-state index contributed by atoms with van der Waals surface area (Å²) in [5.41, 5.74) is 2.05. The summed E-state index contributed by atoms with van der Waals surface area (Å²) in [5, 5.41) is 14.0. The fourth-order valence-corrected chi connectivity index (χ4v) is 2.82. The van der Waals surface area contributed by atoms with Crippen LogP contribution in [0, 0.1) is 10.1 Å². The van der Waals surface area contributed by atoms with Gasteiger partial charge in [0.2, 0.25) is 0 Å². The van der Waals surface area contributed by atoms with Gasteiger partial charge in [0.15, 0.2) is 12.4 Å². The Bertz CT molecular complexity index is 1080. The highest BCUT2D eigenvalue weighted by Gasteiger charge is 2.19. The van der Waals surface area contributed by atoms with Crippen molar-refractivity contribution in [1.29, 1.82) is 0 Å². The second-order valence-electron chi connectivity index (χ2n) is 6.18. The van der Waals surface area contributed by atoms with Crippen LogP contribution in [-0.4, -0.2) is 30.5 Å². The predicted molar refractivity (Wildman–Crippen MR) is 110 cm³/mol. The minimum Gasteiger partial charge on any atom is -0.477 e. The molecule has 0 aromatic heterocycles. The van der Waals surface area contributed by atoms with Gasteiger partial charge in [-0.05, 0) is 17.7 Å². The number of para-hydroxylation sites is 1. The van der Waals surface area contributed by atoms with Crippen LogP contribution in [0.25, 0.3) is 11.1 Å². The Morgan fingerprint density at radius 2 is 1.70 bits per heavy atom. The van der Waals surface area contributed by atoms with Crippen LogP contribution in [0.1, 0.15) is 10.4 Å². The minimum absolute atomic E-state index is 0.0768. The van der Waals surface area contributed by atoms with E-state index in [-0.39, 0.29) is 17.0 Å². The smallest absolute Gasteiger partial charge is 0.337 e. The van der Waals surface area contributed by atoms with Gasteiger partial charge < -0.3 is 14.8 Å². The molecule has 152 valence electrons. The zero-order valence-corrected chi connectivity index (χ0v) is 16.0. The molecule has 3 aromatic carbocycles. The number of hydrogen-bond acceptors (Lipinski definition) is 6. The number of benzene rings is 3. The first-order valence-corrected chi connectivity index (χ1v) is 8.93. The molecule has 8 heteroatoms. The maximum atomic E-state index is 12.4. The molecular formula is C22H18N2O6. The van der Waals surface area contributed by atoms with E-state index in [0.29, 0.717) is 5.69 Å². The lowest BCUT2D eigenvalue weighted by atomic mass is 10.0. The zero-order chi connectivity index (χ0) is 21.5. The normalized spacial score (nSPS) is 10.2. The third kappa shape index (κ3) is 4.79. The lowest BCUT2D eigenvalue weighted by molar-refractivity contribution is -0.385. The Morgan fingerprint density at radius 1 is 1.00 bits per heavy atom. The van der Waals surface area contributed by atoms with Gasteiger partial charge in [-0.15, -0.1) is 0 Å². The molecule has 3 aromatic rings. The molecule has 30 heavy (non-hydrogen) atoms. The van der Waals surface area contributed by atoms with Crippen molar-refractivity contribution in [3.8, 4) is 16.9 Å². The first-order valence-electron chi connectivity index (χ1n) is 8.93. The SMILES string of the molecule is COC(=O)c1ccc([N+](=O)[O-])c(OCC(=O)Nc2ccccc2-c2ccccc2)c1. The van der Waals surface area contributed by atoms with Gasteiger partial charge in [-0.3, -0.25) is 14.9 Å². The van der Waals surface area contributed by atoms with Gasteiger partial charge in [-0.1, -0.05) is 48.5 Å². The van der Waals surface area contributed by atoms with Crippen molar-refractivity contribution in [3.63, 3.8) is 0 Å². The molecule has 0 fully saturated rings. The van der Waals surface area contributed by atoms with Crippen molar-refractivity contribution in [2.45, 2.75) is 0 Å². The molecule has 0 spiro atoms. The Hall–Kier alpha value is -4.20. The monoisotopic (exact) mass is 406 g/mol. The molecule has 8 nitrogen and oxygen atoms in total. The number of nitro groups is 1. The van der Waals surface area contributed by atoms with Gasteiger partial charge in [0.25, 0.3) is 5.91 Å². The Labute approximate surface area is 172 Å². The number of carbonyl (C=O) groups is 2. The number of rotatable bonds is 7. The molecule has 0 unspecified atom stereocenters. The molecule has 0 bridgehead atoms. The molecule has 3 rings (SSSR count). The maximum Gasteiger partial charge on any atom is 0.337 e. The van der Waals surface area contributed by atoms with Crippen LogP contribution in [0.3, 0.4) is 0 Å². The number of nitro benzene ring substituents is 1. The number of nitrogens with zero attached hydrogens (tertiary/aromatic N) is 1. The van der Waals surface area contributed by atoms with E-state index in [4.69, 9.17) is 4.74 Å². The lowest BCUT2D eigenvalue weighted by Gasteiger charge is -2.12. The molecule has 0 aliphatic rings. The largest absolute Gasteiger partial charge is 0.477 e. The lowest BCUT2D eigenvalue weighted by Crippen LogP contribution is -2.21. The van der Waals surface area contributed by atoms with Gasteiger partial charge in [-0.25, -0.2) is 4.79 Å². The third-order valence-electron chi connectivity index (χ3n) is 4.22. The molecule has 0 saturated heterocycles. The zero-order valence-electron chi connectivity index (χ0n) is 16.0. The highest BCUT2D eigenvalue weighted by atomic mass is 16.6. The van der Waals surface area contributed by atoms with Crippen molar-refractivity contribution in [2.75, 3.05) is 19.0 Å². The number of nitrogens with one attached hydrogen (secondary N) is 1. The first kappa shape index (κ1) is 20.5. The highest BCUT2D eigenvalue weighted by Crippen LogP contribution is 2.29. The number of ether oxygens (including phenoxy) is 2. The van der Waals surface area contributed by atoms with Crippen LogP contribution >= 0.6 is 0 Å². The van der Waals surface area contributed by atoms with Crippen LogP contribution in [0.15, 0.2) is 72.8 Å². The van der Waals surface area contributed by atoms with E-state index in [9.17, 15) is 19.7 Å². The van der Waals surface area contributed by atoms with Crippen molar-refractivity contribution >= 4 is 23.3 Å². The Morgan fingerprint density at radius 3 is 2.40 bits per heavy atom. The molecule has 0 radical (unpaired) electrons. The van der Waals surface area contributed by atoms with E-state index in [2.05, 4.69) is 10.1 Å². The summed E-state index contributed by atoms with van der Waals surface area (Å²) < 4.78 is 9.96. The maximum absolute atomic E-state index is 12.4. The molecule has 0 atom stereocenters. The van der Waals surface area contributed by atoms with Crippen molar-refractivity contribution in [3.05, 3.63) is 88.5 Å². The van der Waals surface area contributed by atoms with E-state index in [1.54, 1.807) is 12.1 Å². The summed E-state index contributed by atoms with van der Waals surface area (Å²) in [6, 6.07) is 20.3. The molecule has 0 aliphatic carbocycles.